The number of rotatable bonds is 8. The summed E-state index contributed by atoms with van der Waals surface area (Å²) in [5.74, 6) is -0.197. The zero-order valence-corrected chi connectivity index (χ0v) is 20.9. The van der Waals surface area contributed by atoms with Crippen molar-refractivity contribution in [3.8, 4) is 0 Å². The Morgan fingerprint density at radius 2 is 1.71 bits per heavy atom. The van der Waals surface area contributed by atoms with E-state index in [9.17, 15) is 13.2 Å². The van der Waals surface area contributed by atoms with Gasteiger partial charge in [-0.3, -0.25) is 10.1 Å². The number of nitrogens with zero attached hydrogens (tertiary/aromatic N) is 1. The summed E-state index contributed by atoms with van der Waals surface area (Å²) < 4.78 is 32.2. The van der Waals surface area contributed by atoms with E-state index in [1.807, 2.05) is 25.3 Å². The van der Waals surface area contributed by atoms with Gasteiger partial charge in [0.1, 0.15) is 0 Å². The minimum absolute atomic E-state index is 0.109. The fourth-order valence-electron chi connectivity index (χ4n) is 3.78. The Hall–Kier alpha value is -2.56. The lowest BCUT2D eigenvalue weighted by atomic mass is 10.0. The SMILES string of the molecule is Cc1ccc([C@@H](N[C@H](C)C(=O)Nc2ccc(S(=O)(=O)N3CCOCC3)cc2)c2cccs2)cc1. The number of thiophene rings is 1. The van der Waals surface area contributed by atoms with Crippen LogP contribution in [0.25, 0.3) is 0 Å². The molecule has 3 aromatic rings. The molecule has 1 aliphatic rings. The molecule has 2 heterocycles. The Labute approximate surface area is 204 Å². The van der Waals surface area contributed by atoms with Crippen molar-refractivity contribution in [3.63, 3.8) is 0 Å². The number of carbonyl (C=O) groups excluding carboxylic acids is 1. The van der Waals surface area contributed by atoms with E-state index in [1.165, 1.54) is 22.0 Å². The largest absolute Gasteiger partial charge is 0.379 e. The highest BCUT2D eigenvalue weighted by molar-refractivity contribution is 7.89. The van der Waals surface area contributed by atoms with Crippen LogP contribution in [-0.4, -0.2) is 51.0 Å². The van der Waals surface area contributed by atoms with Crippen LogP contribution in [0.4, 0.5) is 5.69 Å². The van der Waals surface area contributed by atoms with Crippen LogP contribution in [0.1, 0.15) is 29.0 Å². The van der Waals surface area contributed by atoms with Crippen molar-refractivity contribution in [2.75, 3.05) is 31.6 Å². The molecule has 34 heavy (non-hydrogen) atoms. The van der Waals surface area contributed by atoms with E-state index in [2.05, 4.69) is 41.0 Å². The molecule has 1 fully saturated rings. The molecule has 0 radical (unpaired) electrons. The summed E-state index contributed by atoms with van der Waals surface area (Å²) in [5, 5.41) is 8.35. The quantitative estimate of drug-likeness (QED) is 0.493. The Morgan fingerprint density at radius 3 is 2.32 bits per heavy atom. The van der Waals surface area contributed by atoms with Crippen molar-refractivity contribution in [3.05, 3.63) is 82.0 Å². The summed E-state index contributed by atoms with van der Waals surface area (Å²) in [4.78, 5) is 14.3. The van der Waals surface area contributed by atoms with E-state index in [0.29, 0.717) is 32.0 Å². The maximum Gasteiger partial charge on any atom is 0.243 e. The van der Waals surface area contributed by atoms with E-state index in [1.54, 1.807) is 23.5 Å². The second-order valence-electron chi connectivity index (χ2n) is 8.28. The molecule has 0 spiro atoms. The normalized spacial score (nSPS) is 16.6. The first-order valence-electron chi connectivity index (χ1n) is 11.2. The van der Waals surface area contributed by atoms with Crippen molar-refractivity contribution in [1.29, 1.82) is 0 Å². The zero-order chi connectivity index (χ0) is 24.1. The first-order chi connectivity index (χ1) is 16.3. The van der Waals surface area contributed by atoms with Gasteiger partial charge in [0.25, 0.3) is 0 Å². The van der Waals surface area contributed by atoms with E-state index < -0.39 is 16.1 Å². The highest BCUT2D eigenvalue weighted by Crippen LogP contribution is 2.27. The van der Waals surface area contributed by atoms with Crippen LogP contribution in [0.2, 0.25) is 0 Å². The summed E-state index contributed by atoms with van der Waals surface area (Å²) in [6, 6.07) is 18.0. The van der Waals surface area contributed by atoms with E-state index >= 15 is 0 Å². The summed E-state index contributed by atoms with van der Waals surface area (Å²) in [6.45, 7) is 5.35. The number of carbonyl (C=O) groups is 1. The van der Waals surface area contributed by atoms with Gasteiger partial charge in [0.05, 0.1) is 30.2 Å². The number of anilines is 1. The molecule has 1 saturated heterocycles. The minimum atomic E-state index is -3.57. The molecule has 0 unspecified atom stereocenters. The second-order valence-corrected chi connectivity index (χ2v) is 11.2. The fourth-order valence-corrected chi connectivity index (χ4v) is 6.00. The van der Waals surface area contributed by atoms with E-state index in [-0.39, 0.29) is 16.8 Å². The van der Waals surface area contributed by atoms with Crippen LogP contribution in [0, 0.1) is 6.92 Å². The van der Waals surface area contributed by atoms with Crippen LogP contribution in [-0.2, 0) is 19.6 Å². The molecule has 1 aliphatic heterocycles. The van der Waals surface area contributed by atoms with E-state index in [0.717, 1.165) is 10.4 Å². The van der Waals surface area contributed by atoms with Crippen molar-refractivity contribution in [1.82, 2.24) is 9.62 Å². The summed E-state index contributed by atoms with van der Waals surface area (Å²) in [7, 11) is -3.57. The third-order valence-electron chi connectivity index (χ3n) is 5.78. The Morgan fingerprint density at radius 1 is 1.03 bits per heavy atom. The van der Waals surface area contributed by atoms with Gasteiger partial charge in [-0.15, -0.1) is 11.3 Å². The molecule has 2 atom stereocenters. The number of ether oxygens (including phenoxy) is 1. The smallest absolute Gasteiger partial charge is 0.243 e. The highest BCUT2D eigenvalue weighted by Gasteiger charge is 2.26. The van der Waals surface area contributed by atoms with Crippen molar-refractivity contribution >= 4 is 33.0 Å². The average Bonchev–Trinajstić information content (AvgIpc) is 3.38. The van der Waals surface area contributed by atoms with Crippen LogP contribution in [0.5, 0.6) is 0 Å². The molecule has 0 saturated carbocycles. The summed E-state index contributed by atoms with van der Waals surface area (Å²) in [6.07, 6.45) is 0. The van der Waals surface area contributed by atoms with Crippen LogP contribution < -0.4 is 10.6 Å². The maximum atomic E-state index is 12.9. The van der Waals surface area contributed by atoms with Crippen molar-refractivity contribution in [2.45, 2.75) is 30.8 Å². The predicted molar refractivity (Wildman–Crippen MR) is 135 cm³/mol. The number of morpholine rings is 1. The molecular formula is C25H29N3O4S2. The molecule has 1 amide bonds. The molecule has 2 aromatic carbocycles. The Balaban J connectivity index is 1.43. The average molecular weight is 500 g/mol. The maximum absolute atomic E-state index is 12.9. The van der Waals surface area contributed by atoms with Gasteiger partial charge >= 0.3 is 0 Å². The van der Waals surface area contributed by atoms with Gasteiger partial charge in [-0.05, 0) is 55.1 Å². The molecule has 4 rings (SSSR count). The predicted octanol–water partition coefficient (Wildman–Crippen LogP) is 3.78. The van der Waals surface area contributed by atoms with Gasteiger partial charge in [0, 0.05) is 23.7 Å². The van der Waals surface area contributed by atoms with Crippen LogP contribution >= 0.6 is 11.3 Å². The minimum Gasteiger partial charge on any atom is -0.379 e. The zero-order valence-electron chi connectivity index (χ0n) is 19.2. The van der Waals surface area contributed by atoms with Gasteiger partial charge in [-0.1, -0.05) is 35.9 Å². The van der Waals surface area contributed by atoms with Gasteiger partial charge in [-0.2, -0.15) is 4.31 Å². The molecule has 0 bridgehead atoms. The highest BCUT2D eigenvalue weighted by atomic mass is 32.2. The fraction of sp³-hybridized carbons (Fsp3) is 0.320. The third-order valence-corrected chi connectivity index (χ3v) is 8.63. The van der Waals surface area contributed by atoms with Crippen LogP contribution in [0.15, 0.2) is 70.9 Å². The topological polar surface area (TPSA) is 87.7 Å². The number of nitrogens with one attached hydrogen (secondary N) is 2. The molecule has 0 aliphatic carbocycles. The third kappa shape index (κ3) is 5.73. The molecule has 9 heteroatoms. The summed E-state index contributed by atoms with van der Waals surface area (Å²) in [5.41, 5.74) is 2.81. The monoisotopic (exact) mass is 499 g/mol. The molecular weight excluding hydrogens is 470 g/mol. The first kappa shape index (κ1) is 24.6. The lowest BCUT2D eigenvalue weighted by molar-refractivity contribution is -0.117. The van der Waals surface area contributed by atoms with Gasteiger partial charge < -0.3 is 10.1 Å². The van der Waals surface area contributed by atoms with Gasteiger partial charge in [0.2, 0.25) is 15.9 Å². The molecule has 7 nitrogen and oxygen atoms in total. The number of hydrogen-bond donors (Lipinski definition) is 2. The first-order valence-corrected chi connectivity index (χ1v) is 13.5. The lowest BCUT2D eigenvalue weighted by Crippen LogP contribution is -2.40. The van der Waals surface area contributed by atoms with Gasteiger partial charge in [-0.25, -0.2) is 8.42 Å². The number of hydrogen-bond acceptors (Lipinski definition) is 6. The molecule has 2 N–H and O–H groups in total. The summed E-state index contributed by atoms with van der Waals surface area (Å²) >= 11 is 1.64. The second kappa shape index (κ2) is 10.8. The van der Waals surface area contributed by atoms with E-state index in [4.69, 9.17) is 4.74 Å². The molecule has 1 aromatic heterocycles. The lowest BCUT2D eigenvalue weighted by Gasteiger charge is -2.26. The van der Waals surface area contributed by atoms with Gasteiger partial charge in [0.15, 0.2) is 0 Å². The Bertz CT molecular complexity index is 1190. The van der Waals surface area contributed by atoms with Crippen LogP contribution in [0.3, 0.4) is 0 Å². The number of sulfonamides is 1. The van der Waals surface area contributed by atoms with Crippen molar-refractivity contribution < 1.29 is 17.9 Å². The molecule has 180 valence electrons. The Kier molecular flexibility index (Phi) is 7.80. The number of amides is 1. The standard InChI is InChI=1S/C25H29N3O4S2/c1-18-5-7-20(8-6-18)24(23-4-3-17-33-23)26-19(2)25(29)27-21-9-11-22(12-10-21)34(30,31)28-13-15-32-16-14-28/h3-12,17,19,24,26H,13-16H2,1-2H3,(H,27,29)/t19-,24-/m1/s1. The number of benzene rings is 2. The number of aryl methyl sites for hydroxylation is 1. The van der Waals surface area contributed by atoms with Crippen molar-refractivity contribution in [2.24, 2.45) is 0 Å².